The molecular weight excluding hydrogens is 570 g/mol. The van der Waals surface area contributed by atoms with Gasteiger partial charge in [-0.3, -0.25) is 4.79 Å². The number of likely N-dealkylation sites (N-methyl/N-ethyl adjacent to an activating group) is 1. The van der Waals surface area contributed by atoms with E-state index in [1.807, 2.05) is 81.2 Å². The SMILES string of the molecule is CN(C(=O)Cc1cccc2occc12)C(CC1CCC(O[Si](C)(C)C(C)(C)C)C1)c1cccc(OCC(=O)OC(C)(C)C)c1. The van der Waals surface area contributed by atoms with Gasteiger partial charge in [-0.15, -0.1) is 0 Å². The molecule has 3 aromatic rings. The van der Waals surface area contributed by atoms with Crippen LogP contribution in [0.3, 0.4) is 0 Å². The molecule has 0 bridgehead atoms. The standard InChI is InChI=1S/C36H51NO6Si/c1-35(2,3)42-34(39)24-41-28-14-10-13-27(22-28)31(21-25-16-17-29(20-25)43-44(8,9)36(4,5)6)37(7)33(38)23-26-12-11-15-32-30(26)18-19-40-32/h10-15,18-19,22,25,29,31H,16-17,20-21,23-24H2,1-9H3. The number of hydrogen-bond donors (Lipinski definition) is 0. The molecule has 7 nitrogen and oxygen atoms in total. The Morgan fingerprint density at radius 3 is 2.45 bits per heavy atom. The lowest BCUT2D eigenvalue weighted by Crippen LogP contribution is -2.43. The van der Waals surface area contributed by atoms with Crippen LogP contribution >= 0.6 is 0 Å². The van der Waals surface area contributed by atoms with Crippen LogP contribution in [0.4, 0.5) is 0 Å². The Kier molecular flexibility index (Phi) is 10.4. The number of carbonyl (C=O) groups is 2. The van der Waals surface area contributed by atoms with Gasteiger partial charge in [0.1, 0.15) is 16.9 Å². The summed E-state index contributed by atoms with van der Waals surface area (Å²) in [6, 6.07) is 15.4. The number of esters is 1. The number of benzene rings is 2. The molecule has 44 heavy (non-hydrogen) atoms. The molecular formula is C36H51NO6Si. The zero-order valence-corrected chi connectivity index (χ0v) is 29.1. The Morgan fingerprint density at radius 1 is 1.02 bits per heavy atom. The van der Waals surface area contributed by atoms with Crippen molar-refractivity contribution in [3.05, 3.63) is 65.9 Å². The summed E-state index contributed by atoms with van der Waals surface area (Å²) >= 11 is 0. The fourth-order valence-electron chi connectivity index (χ4n) is 5.77. The molecule has 1 saturated carbocycles. The Bertz CT molecular complexity index is 1430. The molecule has 1 heterocycles. The molecule has 1 aliphatic carbocycles. The van der Waals surface area contributed by atoms with Crippen molar-refractivity contribution in [3.63, 3.8) is 0 Å². The van der Waals surface area contributed by atoms with Crippen LogP contribution in [-0.4, -0.2) is 50.5 Å². The maximum atomic E-state index is 13.8. The number of rotatable bonds is 11. The van der Waals surface area contributed by atoms with Gasteiger partial charge in [-0.05, 0) is 106 Å². The zero-order chi connectivity index (χ0) is 32.3. The Labute approximate surface area is 264 Å². The van der Waals surface area contributed by atoms with Crippen molar-refractivity contribution in [3.8, 4) is 5.75 Å². The molecule has 3 unspecified atom stereocenters. The molecule has 240 valence electrons. The number of amides is 1. The number of fused-ring (bicyclic) bond motifs is 1. The number of hydrogen-bond acceptors (Lipinski definition) is 6. The van der Waals surface area contributed by atoms with Crippen molar-refractivity contribution in [1.82, 2.24) is 4.90 Å². The minimum absolute atomic E-state index is 0.0378. The van der Waals surface area contributed by atoms with E-state index in [9.17, 15) is 9.59 Å². The van der Waals surface area contributed by atoms with E-state index in [4.69, 9.17) is 18.3 Å². The van der Waals surface area contributed by atoms with Crippen LogP contribution in [0.15, 0.2) is 59.2 Å². The smallest absolute Gasteiger partial charge is 0.344 e. The molecule has 1 aromatic heterocycles. The van der Waals surface area contributed by atoms with Crippen molar-refractivity contribution in [2.75, 3.05) is 13.7 Å². The van der Waals surface area contributed by atoms with E-state index in [1.165, 1.54) is 0 Å². The Hall–Kier alpha value is -3.10. The summed E-state index contributed by atoms with van der Waals surface area (Å²) < 4.78 is 23.6. The van der Waals surface area contributed by atoms with Crippen molar-refractivity contribution < 1.29 is 27.9 Å². The van der Waals surface area contributed by atoms with E-state index in [0.717, 1.165) is 47.8 Å². The van der Waals surface area contributed by atoms with E-state index in [2.05, 4.69) is 33.9 Å². The first kappa shape index (κ1) is 33.8. The first-order valence-corrected chi connectivity index (χ1v) is 18.8. The summed E-state index contributed by atoms with van der Waals surface area (Å²) in [5.41, 5.74) is 2.14. The molecule has 1 fully saturated rings. The quantitative estimate of drug-likeness (QED) is 0.158. The summed E-state index contributed by atoms with van der Waals surface area (Å²) in [4.78, 5) is 28.0. The fraction of sp³-hybridized carbons (Fsp3) is 0.556. The van der Waals surface area contributed by atoms with Gasteiger partial charge in [0, 0.05) is 18.5 Å². The number of ether oxygens (including phenoxy) is 2. The number of nitrogens with zero attached hydrogens (tertiary/aromatic N) is 1. The molecule has 0 saturated heterocycles. The molecule has 0 radical (unpaired) electrons. The third-order valence-corrected chi connectivity index (χ3v) is 13.7. The summed E-state index contributed by atoms with van der Waals surface area (Å²) in [5.74, 6) is 0.622. The van der Waals surface area contributed by atoms with Crippen molar-refractivity contribution >= 4 is 31.2 Å². The maximum Gasteiger partial charge on any atom is 0.344 e. The fourth-order valence-corrected chi connectivity index (χ4v) is 7.18. The van der Waals surface area contributed by atoms with Gasteiger partial charge in [-0.1, -0.05) is 45.0 Å². The van der Waals surface area contributed by atoms with Gasteiger partial charge >= 0.3 is 5.97 Å². The Morgan fingerprint density at radius 2 is 1.75 bits per heavy atom. The predicted molar refractivity (Wildman–Crippen MR) is 177 cm³/mol. The van der Waals surface area contributed by atoms with Crippen LogP contribution in [0.2, 0.25) is 18.1 Å². The highest BCUT2D eigenvalue weighted by molar-refractivity contribution is 6.74. The van der Waals surface area contributed by atoms with Crippen LogP contribution in [0.1, 0.15) is 84.4 Å². The Balaban J connectivity index is 1.53. The van der Waals surface area contributed by atoms with Gasteiger partial charge in [-0.2, -0.15) is 0 Å². The van der Waals surface area contributed by atoms with Gasteiger partial charge in [0.15, 0.2) is 14.9 Å². The highest BCUT2D eigenvalue weighted by atomic mass is 28.4. The molecule has 0 N–H and O–H groups in total. The van der Waals surface area contributed by atoms with Crippen LogP contribution < -0.4 is 4.74 Å². The molecule has 1 amide bonds. The van der Waals surface area contributed by atoms with Gasteiger partial charge in [-0.25, -0.2) is 4.79 Å². The molecule has 2 aromatic carbocycles. The number of carbonyl (C=O) groups excluding carboxylic acids is 2. The molecule has 1 aliphatic rings. The van der Waals surface area contributed by atoms with Crippen molar-refractivity contribution in [1.29, 1.82) is 0 Å². The van der Waals surface area contributed by atoms with Crippen molar-refractivity contribution in [2.24, 2.45) is 5.92 Å². The first-order chi connectivity index (χ1) is 20.5. The first-order valence-electron chi connectivity index (χ1n) is 15.9. The average molecular weight is 622 g/mol. The van der Waals surface area contributed by atoms with E-state index in [-0.39, 0.29) is 36.1 Å². The lowest BCUT2D eigenvalue weighted by molar-refractivity contribution is -0.157. The second-order valence-corrected chi connectivity index (χ2v) is 19.6. The minimum Gasteiger partial charge on any atom is -0.482 e. The monoisotopic (exact) mass is 621 g/mol. The summed E-state index contributed by atoms with van der Waals surface area (Å²) in [5, 5.41) is 1.13. The highest BCUT2D eigenvalue weighted by Gasteiger charge is 2.41. The lowest BCUT2D eigenvalue weighted by atomic mass is 9.92. The second-order valence-electron chi connectivity index (χ2n) is 14.8. The van der Waals surface area contributed by atoms with Crippen LogP contribution in [0.25, 0.3) is 11.0 Å². The predicted octanol–water partition coefficient (Wildman–Crippen LogP) is 8.48. The molecule has 0 spiro atoms. The van der Waals surface area contributed by atoms with Gasteiger partial charge in [0.05, 0.1) is 18.7 Å². The molecule has 3 atom stereocenters. The van der Waals surface area contributed by atoms with Crippen LogP contribution in [-0.2, 0) is 25.2 Å². The highest BCUT2D eigenvalue weighted by Crippen LogP contribution is 2.43. The van der Waals surface area contributed by atoms with Gasteiger partial charge < -0.3 is 23.2 Å². The third kappa shape index (κ3) is 8.75. The van der Waals surface area contributed by atoms with Gasteiger partial charge in [0.25, 0.3) is 0 Å². The van der Waals surface area contributed by atoms with Crippen molar-refractivity contribution in [2.45, 2.75) is 110 Å². The normalized spacial score (nSPS) is 18.3. The lowest BCUT2D eigenvalue weighted by Gasteiger charge is -2.38. The average Bonchev–Trinajstić information content (AvgIpc) is 3.58. The summed E-state index contributed by atoms with van der Waals surface area (Å²) in [6.45, 7) is 16.8. The largest absolute Gasteiger partial charge is 0.482 e. The summed E-state index contributed by atoms with van der Waals surface area (Å²) in [6.07, 6.45) is 6.13. The van der Waals surface area contributed by atoms with E-state index in [1.54, 1.807) is 6.26 Å². The van der Waals surface area contributed by atoms with E-state index < -0.39 is 19.9 Å². The second kappa shape index (κ2) is 13.5. The van der Waals surface area contributed by atoms with E-state index in [0.29, 0.717) is 11.7 Å². The topological polar surface area (TPSA) is 78.2 Å². The van der Waals surface area contributed by atoms with Crippen LogP contribution in [0, 0.1) is 5.92 Å². The number of furan rings is 1. The van der Waals surface area contributed by atoms with Crippen LogP contribution in [0.5, 0.6) is 5.75 Å². The maximum absolute atomic E-state index is 13.8. The zero-order valence-electron chi connectivity index (χ0n) is 28.1. The minimum atomic E-state index is -1.87. The molecule has 8 heteroatoms. The third-order valence-electron chi connectivity index (χ3n) is 9.13. The molecule has 0 aliphatic heterocycles. The molecule has 4 rings (SSSR count). The van der Waals surface area contributed by atoms with Gasteiger partial charge in [0.2, 0.25) is 5.91 Å². The summed E-state index contributed by atoms with van der Waals surface area (Å²) in [7, 11) is 0.0273. The van der Waals surface area contributed by atoms with E-state index >= 15 is 0 Å².